The predicted molar refractivity (Wildman–Crippen MR) is 71.1 cm³/mol. The molecule has 1 aromatic heterocycles. The average molecular weight is 298 g/mol. The third-order valence-corrected chi connectivity index (χ3v) is 4.16. The van der Waals surface area contributed by atoms with E-state index in [-0.39, 0.29) is 6.04 Å². The van der Waals surface area contributed by atoms with E-state index in [1.54, 1.807) is 11.8 Å². The Labute approximate surface area is 113 Å². The SMILES string of the molecule is CCCNC(CCSC)c1cnc(C(F)(F)F)s1. The molecule has 0 saturated heterocycles. The smallest absolute Gasteiger partial charge is 0.309 e. The molecule has 0 radical (unpaired) electrons. The van der Waals surface area contributed by atoms with Crippen molar-refractivity contribution < 1.29 is 13.2 Å². The molecule has 1 heterocycles. The summed E-state index contributed by atoms with van der Waals surface area (Å²) in [5, 5.41) is 2.52. The Kier molecular flexibility index (Phi) is 6.45. The Bertz CT molecular complexity index is 344. The first kappa shape index (κ1) is 15.8. The summed E-state index contributed by atoms with van der Waals surface area (Å²) in [5.74, 6) is 0.917. The van der Waals surface area contributed by atoms with Gasteiger partial charge in [0.05, 0.1) is 0 Å². The van der Waals surface area contributed by atoms with Gasteiger partial charge in [0.2, 0.25) is 0 Å². The highest BCUT2D eigenvalue weighted by molar-refractivity contribution is 7.98. The molecule has 0 amide bonds. The molecule has 0 aliphatic heterocycles. The van der Waals surface area contributed by atoms with Crippen LogP contribution in [0.3, 0.4) is 0 Å². The van der Waals surface area contributed by atoms with Gasteiger partial charge in [-0.15, -0.1) is 11.3 Å². The van der Waals surface area contributed by atoms with Gasteiger partial charge in [0.25, 0.3) is 0 Å². The van der Waals surface area contributed by atoms with Crippen LogP contribution in [0.15, 0.2) is 6.20 Å². The van der Waals surface area contributed by atoms with Crippen molar-refractivity contribution >= 4 is 23.1 Å². The maximum atomic E-state index is 12.5. The zero-order valence-corrected chi connectivity index (χ0v) is 12.0. The van der Waals surface area contributed by atoms with Crippen molar-refractivity contribution in [2.75, 3.05) is 18.6 Å². The minimum Gasteiger partial charge on any atom is -0.309 e. The zero-order chi connectivity index (χ0) is 13.6. The molecule has 1 unspecified atom stereocenters. The highest BCUT2D eigenvalue weighted by Gasteiger charge is 2.35. The molecule has 1 N–H and O–H groups in total. The number of nitrogens with zero attached hydrogens (tertiary/aromatic N) is 1. The van der Waals surface area contributed by atoms with Gasteiger partial charge in [-0.3, -0.25) is 0 Å². The largest absolute Gasteiger partial charge is 0.443 e. The van der Waals surface area contributed by atoms with Gasteiger partial charge in [0.15, 0.2) is 5.01 Å². The molecule has 0 spiro atoms. The molecule has 1 aromatic rings. The number of hydrogen-bond acceptors (Lipinski definition) is 4. The summed E-state index contributed by atoms with van der Waals surface area (Å²) in [5.41, 5.74) is 0. The molecule has 0 aromatic carbocycles. The van der Waals surface area contributed by atoms with Gasteiger partial charge in [-0.2, -0.15) is 24.9 Å². The van der Waals surface area contributed by atoms with E-state index < -0.39 is 11.2 Å². The summed E-state index contributed by atoms with van der Waals surface area (Å²) >= 11 is 2.43. The topological polar surface area (TPSA) is 24.9 Å². The van der Waals surface area contributed by atoms with Crippen LogP contribution in [0.5, 0.6) is 0 Å². The molecule has 0 bridgehead atoms. The fraction of sp³-hybridized carbons (Fsp3) is 0.727. The molecule has 1 rings (SSSR count). The maximum absolute atomic E-state index is 12.5. The number of aromatic nitrogens is 1. The van der Waals surface area contributed by atoms with Gasteiger partial charge in [0.1, 0.15) is 0 Å². The fourth-order valence-electron chi connectivity index (χ4n) is 1.48. The molecule has 0 aliphatic rings. The molecule has 7 heteroatoms. The maximum Gasteiger partial charge on any atom is 0.443 e. The van der Waals surface area contributed by atoms with Crippen LogP contribution in [-0.4, -0.2) is 23.5 Å². The molecule has 0 aliphatic carbocycles. The van der Waals surface area contributed by atoms with Crippen molar-refractivity contribution in [2.24, 2.45) is 0 Å². The number of thioether (sulfide) groups is 1. The van der Waals surface area contributed by atoms with Crippen molar-refractivity contribution in [3.05, 3.63) is 16.1 Å². The first-order chi connectivity index (χ1) is 8.49. The summed E-state index contributed by atoms with van der Waals surface area (Å²) in [6.45, 7) is 2.84. The van der Waals surface area contributed by atoms with E-state index in [2.05, 4.69) is 10.3 Å². The lowest BCUT2D eigenvalue weighted by Gasteiger charge is -2.15. The van der Waals surface area contributed by atoms with Crippen molar-refractivity contribution in [2.45, 2.75) is 32.0 Å². The predicted octanol–water partition coefficient (Wildman–Crippen LogP) is 3.96. The van der Waals surface area contributed by atoms with E-state index in [1.165, 1.54) is 6.20 Å². The molecule has 0 saturated carbocycles. The third-order valence-electron chi connectivity index (χ3n) is 2.36. The van der Waals surface area contributed by atoms with Crippen LogP contribution < -0.4 is 5.32 Å². The second kappa shape index (κ2) is 7.35. The van der Waals surface area contributed by atoms with Crippen LogP contribution in [-0.2, 0) is 6.18 Å². The zero-order valence-electron chi connectivity index (χ0n) is 10.4. The van der Waals surface area contributed by atoms with E-state index >= 15 is 0 Å². The Morgan fingerprint density at radius 3 is 2.72 bits per heavy atom. The Balaban J connectivity index is 2.74. The highest BCUT2D eigenvalue weighted by Crippen LogP contribution is 2.35. The van der Waals surface area contributed by atoms with Crippen LogP contribution in [0.25, 0.3) is 0 Å². The van der Waals surface area contributed by atoms with Gasteiger partial charge in [-0.1, -0.05) is 6.92 Å². The molecular formula is C11H17F3N2S2. The molecular weight excluding hydrogens is 281 g/mol. The van der Waals surface area contributed by atoms with Crippen LogP contribution in [0, 0.1) is 0 Å². The van der Waals surface area contributed by atoms with Gasteiger partial charge >= 0.3 is 6.18 Å². The van der Waals surface area contributed by atoms with Gasteiger partial charge < -0.3 is 5.32 Å². The van der Waals surface area contributed by atoms with Crippen LogP contribution in [0.1, 0.15) is 35.7 Å². The lowest BCUT2D eigenvalue weighted by Crippen LogP contribution is -2.21. The number of rotatable bonds is 7. The first-order valence-corrected chi connectivity index (χ1v) is 7.95. The third kappa shape index (κ3) is 4.78. The van der Waals surface area contributed by atoms with Crippen LogP contribution in [0.4, 0.5) is 13.2 Å². The minimum absolute atomic E-state index is 0.0222. The van der Waals surface area contributed by atoms with E-state index in [0.29, 0.717) is 4.88 Å². The van der Waals surface area contributed by atoms with E-state index in [4.69, 9.17) is 0 Å². The van der Waals surface area contributed by atoms with Crippen molar-refractivity contribution in [3.63, 3.8) is 0 Å². The lowest BCUT2D eigenvalue weighted by molar-refractivity contribution is -0.137. The second-order valence-corrected chi connectivity index (χ2v) is 5.90. The number of hydrogen-bond donors (Lipinski definition) is 1. The van der Waals surface area contributed by atoms with Gasteiger partial charge in [0, 0.05) is 17.1 Å². The first-order valence-electron chi connectivity index (χ1n) is 5.74. The normalized spacial score (nSPS) is 13.8. The molecule has 0 fully saturated rings. The fourth-order valence-corrected chi connectivity index (χ4v) is 2.84. The summed E-state index contributed by atoms with van der Waals surface area (Å²) in [4.78, 5) is 4.14. The Morgan fingerprint density at radius 2 is 2.22 bits per heavy atom. The molecule has 1 atom stereocenters. The van der Waals surface area contributed by atoms with E-state index in [9.17, 15) is 13.2 Å². The summed E-state index contributed by atoms with van der Waals surface area (Å²) in [6, 6.07) is -0.0222. The standard InChI is InChI=1S/C11H17F3N2S2/c1-3-5-15-8(4-6-17-2)9-7-16-10(18-9)11(12,13)14/h7-8,15H,3-6H2,1-2H3. The van der Waals surface area contributed by atoms with Crippen LogP contribution >= 0.6 is 23.1 Å². The van der Waals surface area contributed by atoms with E-state index in [1.807, 2.05) is 13.2 Å². The summed E-state index contributed by atoms with van der Waals surface area (Å²) in [7, 11) is 0. The quantitative estimate of drug-likeness (QED) is 0.825. The summed E-state index contributed by atoms with van der Waals surface area (Å²) in [6.07, 6.45) is 0.783. The lowest BCUT2D eigenvalue weighted by atomic mass is 10.2. The average Bonchev–Trinajstić information content (AvgIpc) is 2.78. The second-order valence-electron chi connectivity index (χ2n) is 3.85. The van der Waals surface area contributed by atoms with Crippen molar-refractivity contribution in [3.8, 4) is 0 Å². The Hall–Kier alpha value is -0.270. The van der Waals surface area contributed by atoms with Crippen molar-refractivity contribution in [1.82, 2.24) is 10.3 Å². The molecule has 18 heavy (non-hydrogen) atoms. The number of nitrogens with one attached hydrogen (secondary N) is 1. The van der Waals surface area contributed by atoms with Gasteiger partial charge in [-0.05, 0) is 31.4 Å². The molecule has 2 nitrogen and oxygen atoms in total. The molecule has 104 valence electrons. The highest BCUT2D eigenvalue weighted by atomic mass is 32.2. The van der Waals surface area contributed by atoms with E-state index in [0.717, 1.165) is 36.5 Å². The number of thiazole rings is 1. The monoisotopic (exact) mass is 298 g/mol. The summed E-state index contributed by atoms with van der Waals surface area (Å²) < 4.78 is 37.5. The van der Waals surface area contributed by atoms with Crippen LogP contribution in [0.2, 0.25) is 0 Å². The number of halogens is 3. The van der Waals surface area contributed by atoms with Crippen molar-refractivity contribution in [1.29, 1.82) is 0 Å². The Morgan fingerprint density at radius 1 is 1.50 bits per heavy atom. The minimum atomic E-state index is -4.34. The van der Waals surface area contributed by atoms with Gasteiger partial charge in [-0.25, -0.2) is 4.98 Å². The number of alkyl halides is 3.